The van der Waals surface area contributed by atoms with Gasteiger partial charge in [0.25, 0.3) is 6.08 Å². The number of alkyl halides is 4. The average molecular weight is 502 g/mol. The second-order valence-electron chi connectivity index (χ2n) is 7.45. The fourth-order valence-corrected chi connectivity index (χ4v) is 3.22. The second kappa shape index (κ2) is 10.4. The van der Waals surface area contributed by atoms with Gasteiger partial charge in [-0.15, -0.1) is 0 Å². The molecule has 0 fully saturated rings. The van der Waals surface area contributed by atoms with Gasteiger partial charge < -0.3 is 9.47 Å². The van der Waals surface area contributed by atoms with E-state index in [1.807, 2.05) is 6.92 Å². The molecule has 0 saturated carbocycles. The van der Waals surface area contributed by atoms with Crippen molar-refractivity contribution >= 4 is 0 Å². The van der Waals surface area contributed by atoms with Crippen LogP contribution in [0.25, 0.3) is 11.1 Å². The predicted octanol–water partition coefficient (Wildman–Crippen LogP) is 8.46. The topological polar surface area (TPSA) is 18.5 Å². The molecule has 0 aromatic heterocycles. The minimum atomic E-state index is -4.52. The Morgan fingerprint density at radius 1 is 0.829 bits per heavy atom. The number of benzene rings is 3. The van der Waals surface area contributed by atoms with E-state index >= 15 is 0 Å². The second-order valence-corrected chi connectivity index (χ2v) is 7.45. The molecule has 0 aliphatic carbocycles. The molecule has 0 heterocycles. The molecule has 186 valence electrons. The molecule has 0 N–H and O–H groups in total. The zero-order valence-electron chi connectivity index (χ0n) is 18.1. The maximum absolute atomic E-state index is 14.6. The molecular formula is C25H18F8O2. The summed E-state index contributed by atoms with van der Waals surface area (Å²) < 4.78 is 116. The minimum Gasteiger partial charge on any atom is -0.429 e. The summed E-state index contributed by atoms with van der Waals surface area (Å²) in [5, 5.41) is 0. The van der Waals surface area contributed by atoms with Gasteiger partial charge in [0.15, 0.2) is 11.6 Å². The van der Waals surface area contributed by atoms with E-state index in [4.69, 9.17) is 0 Å². The van der Waals surface area contributed by atoms with Crippen LogP contribution in [0.4, 0.5) is 35.1 Å². The van der Waals surface area contributed by atoms with Crippen LogP contribution >= 0.6 is 0 Å². The monoisotopic (exact) mass is 502 g/mol. The van der Waals surface area contributed by atoms with E-state index in [1.165, 1.54) is 18.2 Å². The number of hydrogen-bond donors (Lipinski definition) is 0. The van der Waals surface area contributed by atoms with E-state index in [0.717, 1.165) is 24.1 Å². The zero-order chi connectivity index (χ0) is 25.8. The molecule has 3 aromatic carbocycles. The Morgan fingerprint density at radius 3 is 2.09 bits per heavy atom. The lowest BCUT2D eigenvalue weighted by atomic mass is 10.00. The van der Waals surface area contributed by atoms with Gasteiger partial charge in [-0.25, -0.2) is 8.78 Å². The third kappa shape index (κ3) is 6.74. The maximum Gasteiger partial charge on any atom is 0.426 e. The highest BCUT2D eigenvalue weighted by atomic mass is 19.3. The predicted molar refractivity (Wildman–Crippen MR) is 113 cm³/mol. The van der Waals surface area contributed by atoms with Gasteiger partial charge in [-0.2, -0.15) is 26.3 Å². The van der Waals surface area contributed by atoms with Crippen LogP contribution in [0.3, 0.4) is 0 Å². The first kappa shape index (κ1) is 26.1. The fraction of sp³-hybridized carbons (Fsp3) is 0.200. The molecular weight excluding hydrogens is 484 g/mol. The van der Waals surface area contributed by atoms with Gasteiger partial charge in [0.05, 0.1) is 11.6 Å². The highest BCUT2D eigenvalue weighted by molar-refractivity contribution is 5.65. The van der Waals surface area contributed by atoms with E-state index in [0.29, 0.717) is 30.2 Å². The Labute approximate surface area is 195 Å². The van der Waals surface area contributed by atoms with Crippen molar-refractivity contribution in [2.75, 3.05) is 0 Å². The summed E-state index contributed by atoms with van der Waals surface area (Å²) in [6, 6.07) is 10.8. The largest absolute Gasteiger partial charge is 0.429 e. The molecule has 10 heteroatoms. The average Bonchev–Trinajstić information content (AvgIpc) is 2.75. The van der Waals surface area contributed by atoms with Gasteiger partial charge in [0.2, 0.25) is 0 Å². The van der Waals surface area contributed by atoms with Crippen LogP contribution in [0.2, 0.25) is 0 Å². The lowest BCUT2D eigenvalue weighted by Gasteiger charge is -2.20. The summed E-state index contributed by atoms with van der Waals surface area (Å²) in [7, 11) is 0. The molecule has 0 saturated heterocycles. The van der Waals surface area contributed by atoms with Gasteiger partial charge in [-0.05, 0) is 47.9 Å². The highest BCUT2D eigenvalue weighted by Gasteiger charge is 2.35. The van der Waals surface area contributed by atoms with Crippen molar-refractivity contribution in [3.63, 3.8) is 0 Å². The quantitative estimate of drug-likeness (QED) is 0.273. The molecule has 0 spiro atoms. The van der Waals surface area contributed by atoms with Crippen LogP contribution in [0.1, 0.15) is 24.5 Å². The molecule has 0 radical (unpaired) electrons. The smallest absolute Gasteiger partial charge is 0.426 e. The van der Waals surface area contributed by atoms with Gasteiger partial charge in [-0.1, -0.05) is 37.6 Å². The number of hydrogen-bond acceptors (Lipinski definition) is 2. The SMILES string of the molecule is CCCc1ccc(-c2ccc(C(F)(F)Oc3ccc(OC(F)(F)C=C(F)F)c(F)c3)cc2)c(F)c1. The molecule has 3 aromatic rings. The third-order valence-electron chi connectivity index (χ3n) is 4.78. The van der Waals surface area contributed by atoms with Crippen molar-refractivity contribution in [1.82, 2.24) is 0 Å². The number of aryl methyl sites for hydroxylation is 1. The van der Waals surface area contributed by atoms with Crippen LogP contribution in [0.5, 0.6) is 11.5 Å². The van der Waals surface area contributed by atoms with Gasteiger partial charge >= 0.3 is 12.2 Å². The molecule has 2 nitrogen and oxygen atoms in total. The highest BCUT2D eigenvalue weighted by Crippen LogP contribution is 2.36. The maximum atomic E-state index is 14.6. The van der Waals surface area contributed by atoms with Crippen molar-refractivity contribution in [2.24, 2.45) is 0 Å². The van der Waals surface area contributed by atoms with Crippen LogP contribution in [-0.2, 0) is 12.5 Å². The molecule has 0 aliphatic heterocycles. The summed E-state index contributed by atoms with van der Waals surface area (Å²) in [6.45, 7) is 1.96. The molecule has 0 unspecified atom stereocenters. The van der Waals surface area contributed by atoms with E-state index < -0.39 is 53.1 Å². The van der Waals surface area contributed by atoms with E-state index in [9.17, 15) is 35.1 Å². The summed E-state index contributed by atoms with van der Waals surface area (Å²) in [5.41, 5.74) is 0.735. The van der Waals surface area contributed by atoms with Gasteiger partial charge in [-0.3, -0.25) is 0 Å². The Hall–Kier alpha value is -3.56. The first-order valence-corrected chi connectivity index (χ1v) is 10.3. The Kier molecular flexibility index (Phi) is 7.72. The van der Waals surface area contributed by atoms with Crippen molar-refractivity contribution in [3.05, 3.63) is 95.6 Å². The lowest BCUT2D eigenvalue weighted by Crippen LogP contribution is -2.23. The molecule has 0 aliphatic rings. The molecule has 0 amide bonds. The molecule has 3 rings (SSSR count). The van der Waals surface area contributed by atoms with Crippen molar-refractivity contribution < 1.29 is 44.6 Å². The first-order valence-electron chi connectivity index (χ1n) is 10.3. The van der Waals surface area contributed by atoms with Gasteiger partial charge in [0, 0.05) is 11.6 Å². The number of ether oxygens (including phenoxy) is 2. The van der Waals surface area contributed by atoms with Crippen molar-refractivity contribution in [2.45, 2.75) is 32.0 Å². The zero-order valence-corrected chi connectivity index (χ0v) is 18.1. The van der Waals surface area contributed by atoms with E-state index in [2.05, 4.69) is 9.47 Å². The Morgan fingerprint density at radius 2 is 1.51 bits per heavy atom. The summed E-state index contributed by atoms with van der Waals surface area (Å²) in [4.78, 5) is 0. The van der Waals surface area contributed by atoms with Crippen LogP contribution < -0.4 is 9.47 Å². The third-order valence-corrected chi connectivity index (χ3v) is 4.78. The first-order chi connectivity index (χ1) is 16.4. The molecule has 0 atom stereocenters. The minimum absolute atomic E-state index is 0.220. The van der Waals surface area contributed by atoms with Crippen LogP contribution in [-0.4, -0.2) is 6.11 Å². The van der Waals surface area contributed by atoms with E-state index in [1.54, 1.807) is 12.1 Å². The summed E-state index contributed by atoms with van der Waals surface area (Å²) >= 11 is 0. The summed E-state index contributed by atoms with van der Waals surface area (Å²) in [5.74, 6) is -3.93. The van der Waals surface area contributed by atoms with Gasteiger partial charge in [0.1, 0.15) is 11.6 Å². The lowest BCUT2D eigenvalue weighted by molar-refractivity contribution is -0.185. The molecule has 0 bridgehead atoms. The normalized spacial score (nSPS) is 11.8. The Bertz CT molecular complexity index is 1200. The fourth-order valence-electron chi connectivity index (χ4n) is 3.22. The number of rotatable bonds is 9. The molecule has 35 heavy (non-hydrogen) atoms. The van der Waals surface area contributed by atoms with Crippen molar-refractivity contribution in [3.8, 4) is 22.6 Å². The van der Waals surface area contributed by atoms with Crippen molar-refractivity contribution in [1.29, 1.82) is 0 Å². The van der Waals surface area contributed by atoms with Crippen LogP contribution in [0.15, 0.2) is 72.8 Å². The standard InChI is InChI=1S/C25H18F8O2/c1-2-3-15-4-10-19(20(26)12-15)16-5-7-17(8-6-16)25(32,33)34-18-9-11-22(21(27)13-18)35-24(30,31)14-23(28)29/h4-14H,2-3H2,1H3. The van der Waals surface area contributed by atoms with E-state index in [-0.39, 0.29) is 5.56 Å². The summed E-state index contributed by atoms with van der Waals surface area (Å²) in [6.07, 6.45) is -10.5. The Balaban J connectivity index is 1.76. The number of halogens is 8. The van der Waals surface area contributed by atoms with Crippen LogP contribution in [0, 0.1) is 11.6 Å².